The van der Waals surface area contributed by atoms with Crippen molar-refractivity contribution in [1.29, 1.82) is 0 Å². The van der Waals surface area contributed by atoms with Crippen molar-refractivity contribution < 1.29 is 9.59 Å². The average molecular weight is 328 g/mol. The lowest BCUT2D eigenvalue weighted by Crippen LogP contribution is -2.42. The van der Waals surface area contributed by atoms with Gasteiger partial charge in [0.2, 0.25) is 5.91 Å². The Labute approximate surface area is 139 Å². The summed E-state index contributed by atoms with van der Waals surface area (Å²) in [5.41, 5.74) is 0.719. The van der Waals surface area contributed by atoms with E-state index in [0.717, 1.165) is 13.0 Å². The minimum absolute atomic E-state index is 0.140. The highest BCUT2D eigenvalue weighted by atomic mass is 16.2. The molecule has 7 nitrogen and oxygen atoms in total. The van der Waals surface area contributed by atoms with E-state index in [1.54, 1.807) is 30.0 Å². The Hall–Kier alpha value is -2.70. The molecule has 1 atom stereocenters. The molecule has 1 aliphatic rings. The van der Waals surface area contributed by atoms with Gasteiger partial charge in [0.15, 0.2) is 0 Å². The summed E-state index contributed by atoms with van der Waals surface area (Å²) in [6.07, 6.45) is 1.47. The van der Waals surface area contributed by atoms with Gasteiger partial charge in [-0.3, -0.25) is 14.4 Å². The zero-order valence-electron chi connectivity index (χ0n) is 13.8. The number of aromatic amines is 1. The summed E-state index contributed by atoms with van der Waals surface area (Å²) in [5, 5.41) is 3.34. The summed E-state index contributed by atoms with van der Waals surface area (Å²) < 4.78 is 0. The van der Waals surface area contributed by atoms with E-state index in [9.17, 15) is 14.4 Å². The number of hydrogen-bond acceptors (Lipinski definition) is 4. The van der Waals surface area contributed by atoms with Crippen LogP contribution in [0.3, 0.4) is 0 Å². The maximum absolute atomic E-state index is 12.4. The quantitative estimate of drug-likeness (QED) is 0.874. The summed E-state index contributed by atoms with van der Waals surface area (Å²) >= 11 is 0. The first-order chi connectivity index (χ1) is 11.4. The van der Waals surface area contributed by atoms with Crippen molar-refractivity contribution in [3.05, 3.63) is 39.9 Å². The third-order valence-electron chi connectivity index (χ3n) is 4.13. The van der Waals surface area contributed by atoms with E-state index in [2.05, 4.69) is 15.3 Å². The Balaban J connectivity index is 1.73. The zero-order chi connectivity index (χ0) is 17.3. The van der Waals surface area contributed by atoms with E-state index in [1.807, 2.05) is 6.92 Å². The average Bonchev–Trinajstić information content (AvgIpc) is 2.91. The summed E-state index contributed by atoms with van der Waals surface area (Å²) in [5.74, 6) is 0.405. The van der Waals surface area contributed by atoms with Gasteiger partial charge in [-0.1, -0.05) is 0 Å². The summed E-state index contributed by atoms with van der Waals surface area (Å²) in [6, 6.07) is 4.67. The van der Waals surface area contributed by atoms with Crippen LogP contribution in [0.2, 0.25) is 0 Å². The molecule has 126 valence electrons. The first-order valence-corrected chi connectivity index (χ1v) is 8.03. The van der Waals surface area contributed by atoms with Crippen LogP contribution in [0.4, 0.5) is 0 Å². The van der Waals surface area contributed by atoms with Gasteiger partial charge in [0.1, 0.15) is 5.82 Å². The van der Waals surface area contributed by atoms with E-state index < -0.39 is 0 Å². The standard InChI is InChI=1S/C17H20N4O3/c1-10(9-21-7-3-4-15(21)22)18-16(23)12-5-6-13-14(8-12)19-11(2)20-17(13)24/h5-6,8,10H,3-4,7,9H2,1-2H3,(H,18,23)(H,19,20,24). The summed E-state index contributed by atoms with van der Waals surface area (Å²) in [7, 11) is 0. The van der Waals surface area contributed by atoms with Crippen LogP contribution >= 0.6 is 0 Å². The van der Waals surface area contributed by atoms with Gasteiger partial charge < -0.3 is 15.2 Å². The van der Waals surface area contributed by atoms with Gasteiger partial charge in [-0.25, -0.2) is 4.98 Å². The number of nitrogens with one attached hydrogen (secondary N) is 2. The monoisotopic (exact) mass is 328 g/mol. The van der Waals surface area contributed by atoms with Crippen LogP contribution in [0.25, 0.3) is 10.9 Å². The fourth-order valence-electron chi connectivity index (χ4n) is 2.98. The Morgan fingerprint density at radius 3 is 2.92 bits per heavy atom. The van der Waals surface area contributed by atoms with Crippen LogP contribution in [0, 0.1) is 6.92 Å². The number of fused-ring (bicyclic) bond motifs is 1. The summed E-state index contributed by atoms with van der Waals surface area (Å²) in [4.78, 5) is 44.6. The number of rotatable bonds is 4. The predicted octanol–water partition coefficient (Wildman–Crippen LogP) is 0.972. The molecule has 0 spiro atoms. The maximum atomic E-state index is 12.4. The second-order valence-electron chi connectivity index (χ2n) is 6.20. The lowest BCUT2D eigenvalue weighted by molar-refractivity contribution is -0.127. The van der Waals surface area contributed by atoms with Crippen molar-refractivity contribution in [2.24, 2.45) is 0 Å². The molecule has 0 saturated carbocycles. The number of aryl methyl sites for hydroxylation is 1. The topological polar surface area (TPSA) is 95.2 Å². The lowest BCUT2D eigenvalue weighted by Gasteiger charge is -2.21. The van der Waals surface area contributed by atoms with Crippen molar-refractivity contribution in [2.75, 3.05) is 13.1 Å². The molecule has 1 aromatic heterocycles. The first kappa shape index (κ1) is 16.2. The Kier molecular flexibility index (Phi) is 4.33. The molecule has 0 bridgehead atoms. The van der Waals surface area contributed by atoms with E-state index in [-0.39, 0.29) is 23.4 Å². The third kappa shape index (κ3) is 3.29. The molecular weight excluding hydrogens is 308 g/mol. The van der Waals surface area contributed by atoms with Gasteiger partial charge in [0, 0.05) is 31.1 Å². The zero-order valence-corrected chi connectivity index (χ0v) is 13.8. The van der Waals surface area contributed by atoms with Gasteiger partial charge in [0.25, 0.3) is 11.5 Å². The SMILES string of the molecule is Cc1nc2cc(C(=O)NC(C)CN3CCCC3=O)ccc2c(=O)[nH]1. The highest BCUT2D eigenvalue weighted by molar-refractivity contribution is 5.97. The minimum Gasteiger partial charge on any atom is -0.348 e. The Morgan fingerprint density at radius 2 is 2.21 bits per heavy atom. The molecule has 2 aromatic rings. The van der Waals surface area contributed by atoms with Gasteiger partial charge in [0.05, 0.1) is 10.9 Å². The highest BCUT2D eigenvalue weighted by Gasteiger charge is 2.22. The van der Waals surface area contributed by atoms with Crippen molar-refractivity contribution >= 4 is 22.7 Å². The number of likely N-dealkylation sites (tertiary alicyclic amines) is 1. The number of carbonyl (C=O) groups excluding carboxylic acids is 2. The second-order valence-corrected chi connectivity index (χ2v) is 6.20. The molecule has 24 heavy (non-hydrogen) atoms. The van der Waals surface area contributed by atoms with Crippen molar-refractivity contribution in [3.63, 3.8) is 0 Å². The smallest absolute Gasteiger partial charge is 0.258 e. The minimum atomic E-state index is -0.240. The highest BCUT2D eigenvalue weighted by Crippen LogP contribution is 2.12. The van der Waals surface area contributed by atoms with Crippen LogP contribution < -0.4 is 10.9 Å². The molecule has 2 amide bonds. The molecule has 0 aliphatic carbocycles. The van der Waals surface area contributed by atoms with Gasteiger partial charge in [-0.15, -0.1) is 0 Å². The molecule has 1 aliphatic heterocycles. The number of aromatic nitrogens is 2. The van der Waals surface area contributed by atoms with Gasteiger partial charge in [-0.2, -0.15) is 0 Å². The Bertz CT molecular complexity index is 859. The van der Waals surface area contributed by atoms with Crippen molar-refractivity contribution in [1.82, 2.24) is 20.2 Å². The lowest BCUT2D eigenvalue weighted by atomic mass is 10.1. The number of amides is 2. The largest absolute Gasteiger partial charge is 0.348 e. The van der Waals surface area contributed by atoms with E-state index >= 15 is 0 Å². The van der Waals surface area contributed by atoms with Crippen LogP contribution in [-0.2, 0) is 4.79 Å². The van der Waals surface area contributed by atoms with Gasteiger partial charge in [-0.05, 0) is 38.5 Å². The number of carbonyl (C=O) groups is 2. The molecule has 3 rings (SSSR count). The molecule has 7 heteroatoms. The van der Waals surface area contributed by atoms with Crippen LogP contribution in [-0.4, -0.2) is 45.8 Å². The second kappa shape index (κ2) is 6.43. The normalized spacial score (nSPS) is 15.8. The van der Waals surface area contributed by atoms with Crippen LogP contribution in [0.5, 0.6) is 0 Å². The van der Waals surface area contributed by atoms with E-state index in [1.165, 1.54) is 0 Å². The third-order valence-corrected chi connectivity index (χ3v) is 4.13. The first-order valence-electron chi connectivity index (χ1n) is 8.03. The van der Waals surface area contributed by atoms with Crippen molar-refractivity contribution in [3.8, 4) is 0 Å². The molecule has 1 saturated heterocycles. The van der Waals surface area contributed by atoms with E-state index in [4.69, 9.17) is 0 Å². The van der Waals surface area contributed by atoms with Crippen molar-refractivity contribution in [2.45, 2.75) is 32.7 Å². The number of hydrogen-bond donors (Lipinski definition) is 2. The molecule has 1 unspecified atom stereocenters. The molecular formula is C17H20N4O3. The summed E-state index contributed by atoms with van der Waals surface area (Å²) in [6.45, 7) is 4.83. The molecule has 1 fully saturated rings. The molecule has 1 aromatic carbocycles. The fourth-order valence-corrected chi connectivity index (χ4v) is 2.98. The molecule has 2 N–H and O–H groups in total. The Morgan fingerprint density at radius 1 is 1.42 bits per heavy atom. The number of nitrogens with zero attached hydrogens (tertiary/aromatic N) is 2. The van der Waals surface area contributed by atoms with Crippen LogP contribution in [0.15, 0.2) is 23.0 Å². The number of benzene rings is 1. The van der Waals surface area contributed by atoms with Crippen LogP contribution in [0.1, 0.15) is 35.9 Å². The molecule has 0 radical (unpaired) electrons. The molecule has 2 heterocycles. The number of H-pyrrole nitrogens is 1. The fraction of sp³-hybridized carbons (Fsp3) is 0.412. The maximum Gasteiger partial charge on any atom is 0.258 e. The van der Waals surface area contributed by atoms with Gasteiger partial charge >= 0.3 is 0 Å². The predicted molar refractivity (Wildman–Crippen MR) is 89.8 cm³/mol. The van der Waals surface area contributed by atoms with E-state index in [0.29, 0.717) is 35.3 Å².